The SMILES string of the molecule is CN1CCNCC1.Nc1ncnc2c(C3CCCCC3)sc(-c3ccc(Oc4ccccc4)cc3)c12. The molecule has 0 unspecified atom stereocenters. The van der Waals surface area contributed by atoms with Crippen LogP contribution in [0.2, 0.25) is 0 Å². The fourth-order valence-electron chi connectivity index (χ4n) is 4.94. The van der Waals surface area contributed by atoms with Crippen LogP contribution in [0.4, 0.5) is 5.82 Å². The van der Waals surface area contributed by atoms with Gasteiger partial charge in [-0.15, -0.1) is 11.3 Å². The molecule has 2 aliphatic rings. The number of ether oxygens (including phenoxy) is 1. The smallest absolute Gasteiger partial charge is 0.136 e. The van der Waals surface area contributed by atoms with Gasteiger partial charge in [-0.05, 0) is 67.8 Å². The van der Waals surface area contributed by atoms with E-state index in [1.165, 1.54) is 50.1 Å². The van der Waals surface area contributed by atoms with E-state index in [0.717, 1.165) is 45.9 Å². The Labute approximate surface area is 217 Å². The van der Waals surface area contributed by atoms with Crippen LogP contribution in [-0.2, 0) is 0 Å². The summed E-state index contributed by atoms with van der Waals surface area (Å²) in [7, 11) is 2.15. The molecule has 0 bridgehead atoms. The molecule has 2 fully saturated rings. The Morgan fingerprint density at radius 2 is 1.61 bits per heavy atom. The Morgan fingerprint density at radius 1 is 0.917 bits per heavy atom. The molecule has 1 aliphatic heterocycles. The molecular formula is C29H35N5OS. The van der Waals surface area contributed by atoms with Crippen molar-refractivity contribution in [3.8, 4) is 21.9 Å². The van der Waals surface area contributed by atoms with Gasteiger partial charge in [-0.1, -0.05) is 37.5 Å². The lowest BCUT2D eigenvalue weighted by Gasteiger charge is -2.21. The highest BCUT2D eigenvalue weighted by Crippen LogP contribution is 2.46. The van der Waals surface area contributed by atoms with Crippen LogP contribution < -0.4 is 15.8 Å². The Morgan fingerprint density at radius 3 is 2.28 bits per heavy atom. The summed E-state index contributed by atoms with van der Waals surface area (Å²) in [6.45, 7) is 4.74. The number of thiophene rings is 1. The van der Waals surface area contributed by atoms with Crippen LogP contribution in [0, 0.1) is 0 Å². The number of para-hydroxylation sites is 1. The maximum absolute atomic E-state index is 6.30. The molecule has 2 aromatic carbocycles. The van der Waals surface area contributed by atoms with Gasteiger partial charge in [0.1, 0.15) is 23.6 Å². The van der Waals surface area contributed by atoms with Gasteiger partial charge in [0.05, 0.1) is 10.9 Å². The number of benzene rings is 2. The molecule has 6 nitrogen and oxygen atoms in total. The highest BCUT2D eigenvalue weighted by molar-refractivity contribution is 7.17. The van der Waals surface area contributed by atoms with Crippen molar-refractivity contribution in [2.45, 2.75) is 38.0 Å². The number of nitrogen functional groups attached to an aromatic ring is 1. The molecule has 0 radical (unpaired) electrons. The number of nitrogens with two attached hydrogens (primary N) is 1. The molecule has 1 saturated heterocycles. The number of rotatable bonds is 4. The topological polar surface area (TPSA) is 76.3 Å². The van der Waals surface area contributed by atoms with E-state index < -0.39 is 0 Å². The molecule has 4 aromatic rings. The van der Waals surface area contributed by atoms with Crippen molar-refractivity contribution in [2.24, 2.45) is 0 Å². The van der Waals surface area contributed by atoms with Crippen LogP contribution in [-0.4, -0.2) is 48.1 Å². The second-order valence-corrected chi connectivity index (χ2v) is 10.7. The number of anilines is 1. The van der Waals surface area contributed by atoms with Crippen molar-refractivity contribution in [3.05, 3.63) is 65.8 Å². The summed E-state index contributed by atoms with van der Waals surface area (Å²) in [5, 5.41) is 4.27. The second kappa shape index (κ2) is 11.8. The molecule has 7 heteroatoms. The first-order valence-electron chi connectivity index (χ1n) is 12.9. The van der Waals surface area contributed by atoms with E-state index in [1.807, 2.05) is 53.8 Å². The van der Waals surface area contributed by atoms with Gasteiger partial charge in [-0.25, -0.2) is 9.97 Å². The average molecular weight is 502 g/mol. The number of hydrogen-bond donors (Lipinski definition) is 2. The van der Waals surface area contributed by atoms with Crippen LogP contribution in [0.25, 0.3) is 21.3 Å². The zero-order valence-corrected chi connectivity index (χ0v) is 21.8. The average Bonchev–Trinajstić information content (AvgIpc) is 3.32. The zero-order valence-electron chi connectivity index (χ0n) is 21.0. The molecule has 1 aliphatic carbocycles. The lowest BCUT2D eigenvalue weighted by atomic mass is 9.87. The Hall–Kier alpha value is -3.00. The van der Waals surface area contributed by atoms with Crippen LogP contribution in [0.5, 0.6) is 11.5 Å². The van der Waals surface area contributed by atoms with Crippen molar-refractivity contribution in [3.63, 3.8) is 0 Å². The van der Waals surface area contributed by atoms with E-state index in [2.05, 4.69) is 39.4 Å². The number of aromatic nitrogens is 2. The quantitative estimate of drug-likeness (QED) is 0.342. The third kappa shape index (κ3) is 5.86. The van der Waals surface area contributed by atoms with E-state index in [4.69, 9.17) is 10.5 Å². The number of nitrogens with zero attached hydrogens (tertiary/aromatic N) is 3. The summed E-state index contributed by atoms with van der Waals surface area (Å²) in [6, 6.07) is 18.0. The second-order valence-electron chi connectivity index (χ2n) is 9.61. The van der Waals surface area contributed by atoms with Crippen molar-refractivity contribution >= 4 is 28.1 Å². The number of likely N-dealkylation sites (N-methyl/N-ethyl adjacent to an activating group) is 1. The monoisotopic (exact) mass is 501 g/mol. The highest BCUT2D eigenvalue weighted by atomic mass is 32.1. The van der Waals surface area contributed by atoms with Crippen molar-refractivity contribution in [1.82, 2.24) is 20.2 Å². The number of fused-ring (bicyclic) bond motifs is 1. The molecular weight excluding hydrogens is 466 g/mol. The van der Waals surface area contributed by atoms with Gasteiger partial charge in [-0.3, -0.25) is 0 Å². The fraction of sp³-hybridized carbons (Fsp3) is 0.379. The molecule has 2 aromatic heterocycles. The number of hydrogen-bond acceptors (Lipinski definition) is 7. The van der Waals surface area contributed by atoms with E-state index in [1.54, 1.807) is 6.33 Å². The molecule has 0 atom stereocenters. The Kier molecular flexibility index (Phi) is 8.11. The van der Waals surface area contributed by atoms with Gasteiger partial charge in [0.15, 0.2) is 0 Å². The maximum atomic E-state index is 6.30. The van der Waals surface area contributed by atoms with Gasteiger partial charge in [0.2, 0.25) is 0 Å². The summed E-state index contributed by atoms with van der Waals surface area (Å²) in [5.41, 5.74) is 8.46. The molecule has 3 N–H and O–H groups in total. The van der Waals surface area contributed by atoms with E-state index >= 15 is 0 Å². The minimum absolute atomic E-state index is 0.563. The first-order chi connectivity index (χ1) is 17.7. The lowest BCUT2D eigenvalue weighted by molar-refractivity contribution is 0.291. The first kappa shape index (κ1) is 24.7. The molecule has 0 spiro atoms. The predicted octanol–water partition coefficient (Wildman–Crippen LogP) is 6.30. The molecule has 3 heterocycles. The molecule has 36 heavy (non-hydrogen) atoms. The first-order valence-corrected chi connectivity index (χ1v) is 13.8. The molecule has 188 valence electrons. The maximum Gasteiger partial charge on any atom is 0.136 e. The van der Waals surface area contributed by atoms with Crippen LogP contribution in [0.15, 0.2) is 60.9 Å². The predicted molar refractivity (Wildman–Crippen MR) is 150 cm³/mol. The van der Waals surface area contributed by atoms with Crippen molar-refractivity contribution in [2.75, 3.05) is 39.0 Å². The van der Waals surface area contributed by atoms with Gasteiger partial charge < -0.3 is 20.7 Å². The third-order valence-electron chi connectivity index (χ3n) is 6.96. The normalized spacial score (nSPS) is 16.9. The minimum Gasteiger partial charge on any atom is -0.457 e. The molecule has 0 amide bonds. The van der Waals surface area contributed by atoms with E-state index in [9.17, 15) is 0 Å². The van der Waals surface area contributed by atoms with Crippen molar-refractivity contribution in [1.29, 1.82) is 0 Å². The number of nitrogens with one attached hydrogen (secondary N) is 1. The van der Waals surface area contributed by atoms with Crippen LogP contribution in [0.3, 0.4) is 0 Å². The number of piperazine rings is 1. The Balaban J connectivity index is 0.000000330. The van der Waals surface area contributed by atoms with E-state index in [0.29, 0.717) is 11.7 Å². The lowest BCUT2D eigenvalue weighted by Crippen LogP contribution is -2.40. The van der Waals surface area contributed by atoms with Gasteiger partial charge in [0.25, 0.3) is 0 Å². The van der Waals surface area contributed by atoms with Gasteiger partial charge in [-0.2, -0.15) is 0 Å². The largest absolute Gasteiger partial charge is 0.457 e. The standard InChI is InChI=1S/C24H23N3OS.C5H12N2/c25-24-20-21(26-15-27-24)23(16-7-3-1-4-8-16)29-22(20)17-11-13-19(14-12-17)28-18-9-5-2-6-10-18;1-7-4-2-6-3-5-7/h2,5-6,9-16H,1,3-4,7-8H2,(H2,25,26,27);6H,2-5H2,1H3. The Bertz CT molecular complexity index is 1250. The van der Waals surface area contributed by atoms with Gasteiger partial charge in [0, 0.05) is 35.9 Å². The van der Waals surface area contributed by atoms with Crippen molar-refractivity contribution < 1.29 is 4.74 Å². The minimum atomic E-state index is 0.563. The van der Waals surface area contributed by atoms with E-state index in [-0.39, 0.29) is 0 Å². The third-order valence-corrected chi connectivity index (χ3v) is 8.35. The zero-order chi connectivity index (χ0) is 24.7. The van der Waals surface area contributed by atoms with Gasteiger partial charge >= 0.3 is 0 Å². The molecule has 1 saturated carbocycles. The highest BCUT2D eigenvalue weighted by Gasteiger charge is 2.24. The fourth-order valence-corrected chi connectivity index (χ4v) is 6.37. The summed E-state index contributed by atoms with van der Waals surface area (Å²) in [4.78, 5) is 13.8. The summed E-state index contributed by atoms with van der Waals surface area (Å²) in [6.07, 6.45) is 8.01. The summed E-state index contributed by atoms with van der Waals surface area (Å²) < 4.78 is 5.93. The molecule has 6 rings (SSSR count). The van der Waals surface area contributed by atoms with Crippen LogP contribution >= 0.6 is 11.3 Å². The van der Waals surface area contributed by atoms with Crippen LogP contribution in [0.1, 0.15) is 42.9 Å². The summed E-state index contributed by atoms with van der Waals surface area (Å²) >= 11 is 1.83. The summed E-state index contributed by atoms with van der Waals surface area (Å²) in [5.74, 6) is 2.80.